The third kappa shape index (κ3) is 4.47. The second-order valence-corrected chi connectivity index (χ2v) is 7.02. The molecule has 0 saturated carbocycles. The Labute approximate surface area is 164 Å². The van der Waals surface area contributed by atoms with Gasteiger partial charge in [0, 0.05) is 38.8 Å². The number of nitrogens with one attached hydrogen (secondary N) is 2. The van der Waals surface area contributed by atoms with E-state index in [1.807, 2.05) is 11.0 Å². The van der Waals surface area contributed by atoms with E-state index in [9.17, 15) is 14.0 Å². The molecule has 0 unspecified atom stereocenters. The lowest BCUT2D eigenvalue weighted by Crippen LogP contribution is -2.41. The summed E-state index contributed by atoms with van der Waals surface area (Å²) in [5, 5.41) is 5.54. The molecular formula is C21H25FN4O2. The highest BCUT2D eigenvalue weighted by atomic mass is 19.1. The monoisotopic (exact) mass is 384 g/mol. The van der Waals surface area contributed by atoms with Gasteiger partial charge in [-0.05, 0) is 49.1 Å². The first kappa shape index (κ1) is 19.8. The highest BCUT2D eigenvalue weighted by Crippen LogP contribution is 2.24. The van der Waals surface area contributed by atoms with Gasteiger partial charge in [0.1, 0.15) is 11.6 Å². The van der Waals surface area contributed by atoms with E-state index in [2.05, 4.69) is 15.6 Å². The van der Waals surface area contributed by atoms with Gasteiger partial charge in [0.15, 0.2) is 0 Å². The predicted molar refractivity (Wildman–Crippen MR) is 106 cm³/mol. The average Bonchev–Trinajstić information content (AvgIpc) is 2.74. The SMILES string of the molecule is CNC(=O)c1cccnc1N1CCC(C(=O)NCc2ccc(C)c(F)c2)CC1. The highest BCUT2D eigenvalue weighted by Gasteiger charge is 2.27. The normalized spacial score (nSPS) is 14.6. The Bertz CT molecular complexity index is 863. The maximum absolute atomic E-state index is 13.6. The minimum Gasteiger partial charge on any atom is -0.356 e. The Balaban J connectivity index is 1.56. The number of rotatable bonds is 5. The predicted octanol–water partition coefficient (Wildman–Crippen LogP) is 2.42. The molecule has 6 nitrogen and oxygen atoms in total. The first-order chi connectivity index (χ1) is 13.5. The number of carbonyl (C=O) groups is 2. The first-order valence-electron chi connectivity index (χ1n) is 9.44. The minimum absolute atomic E-state index is 0.0202. The highest BCUT2D eigenvalue weighted by molar-refractivity contribution is 5.98. The molecule has 7 heteroatoms. The standard InChI is InChI=1S/C21H25FN4O2/c1-14-5-6-15(12-18(14)22)13-25-20(27)16-7-10-26(11-8-16)19-17(21(28)23-2)4-3-9-24-19/h3-6,9,12,16H,7-8,10-11,13H2,1-2H3,(H,23,28)(H,25,27). The Kier molecular flexibility index (Phi) is 6.23. The largest absolute Gasteiger partial charge is 0.356 e. The van der Waals surface area contributed by atoms with Gasteiger partial charge in [0.05, 0.1) is 5.56 Å². The zero-order valence-electron chi connectivity index (χ0n) is 16.2. The third-order valence-corrected chi connectivity index (χ3v) is 5.13. The number of aryl methyl sites for hydroxylation is 1. The van der Waals surface area contributed by atoms with Gasteiger partial charge < -0.3 is 15.5 Å². The molecule has 2 N–H and O–H groups in total. The summed E-state index contributed by atoms with van der Waals surface area (Å²) in [6.45, 7) is 3.33. The van der Waals surface area contributed by atoms with Crippen molar-refractivity contribution >= 4 is 17.6 Å². The summed E-state index contributed by atoms with van der Waals surface area (Å²) in [6.07, 6.45) is 3.02. The molecule has 1 fully saturated rings. The molecule has 2 amide bonds. The molecular weight excluding hydrogens is 359 g/mol. The average molecular weight is 384 g/mol. The summed E-state index contributed by atoms with van der Waals surface area (Å²) in [5.74, 6) is 0.0957. The number of hydrogen-bond donors (Lipinski definition) is 2. The number of halogens is 1. The van der Waals surface area contributed by atoms with Gasteiger partial charge in [0.25, 0.3) is 5.91 Å². The van der Waals surface area contributed by atoms with E-state index in [1.165, 1.54) is 6.07 Å². The molecule has 1 aromatic carbocycles. The molecule has 0 spiro atoms. The third-order valence-electron chi connectivity index (χ3n) is 5.13. The topological polar surface area (TPSA) is 74.3 Å². The fourth-order valence-electron chi connectivity index (χ4n) is 3.39. The van der Waals surface area contributed by atoms with Crippen LogP contribution in [0.15, 0.2) is 36.5 Å². The first-order valence-corrected chi connectivity index (χ1v) is 9.44. The van der Waals surface area contributed by atoms with Crippen molar-refractivity contribution in [2.45, 2.75) is 26.3 Å². The van der Waals surface area contributed by atoms with Crippen molar-refractivity contribution in [3.63, 3.8) is 0 Å². The summed E-state index contributed by atoms with van der Waals surface area (Å²) < 4.78 is 13.6. The van der Waals surface area contributed by atoms with Gasteiger partial charge in [-0.15, -0.1) is 0 Å². The van der Waals surface area contributed by atoms with Gasteiger partial charge >= 0.3 is 0 Å². The molecule has 0 atom stereocenters. The lowest BCUT2D eigenvalue weighted by atomic mass is 9.95. The summed E-state index contributed by atoms with van der Waals surface area (Å²) in [5.41, 5.74) is 1.87. The quantitative estimate of drug-likeness (QED) is 0.830. The van der Waals surface area contributed by atoms with E-state index < -0.39 is 0 Å². The fraction of sp³-hybridized carbons (Fsp3) is 0.381. The smallest absolute Gasteiger partial charge is 0.254 e. The van der Waals surface area contributed by atoms with Gasteiger partial charge in [0.2, 0.25) is 5.91 Å². The van der Waals surface area contributed by atoms with Crippen LogP contribution in [0.4, 0.5) is 10.2 Å². The maximum Gasteiger partial charge on any atom is 0.254 e. The fourth-order valence-corrected chi connectivity index (χ4v) is 3.39. The number of nitrogens with zero attached hydrogens (tertiary/aromatic N) is 2. The van der Waals surface area contributed by atoms with Crippen LogP contribution in [-0.2, 0) is 11.3 Å². The van der Waals surface area contributed by atoms with Crippen molar-refractivity contribution in [1.82, 2.24) is 15.6 Å². The number of pyridine rings is 1. The van der Waals surface area contributed by atoms with Crippen LogP contribution in [0.1, 0.15) is 34.3 Å². The summed E-state index contributed by atoms with van der Waals surface area (Å²) in [7, 11) is 1.59. The van der Waals surface area contributed by atoms with Gasteiger partial charge in [-0.2, -0.15) is 0 Å². The van der Waals surface area contributed by atoms with Crippen LogP contribution in [0, 0.1) is 18.7 Å². The van der Waals surface area contributed by atoms with Crippen molar-refractivity contribution in [3.8, 4) is 0 Å². The van der Waals surface area contributed by atoms with Crippen LogP contribution in [0.25, 0.3) is 0 Å². The molecule has 1 aliphatic rings. The summed E-state index contributed by atoms with van der Waals surface area (Å²) in [4.78, 5) is 30.9. The molecule has 0 bridgehead atoms. The number of amides is 2. The van der Waals surface area contributed by atoms with Crippen molar-refractivity contribution < 1.29 is 14.0 Å². The van der Waals surface area contributed by atoms with Crippen molar-refractivity contribution in [3.05, 3.63) is 59.0 Å². The van der Waals surface area contributed by atoms with E-state index in [0.29, 0.717) is 49.4 Å². The maximum atomic E-state index is 13.6. The molecule has 3 rings (SSSR count). The van der Waals surface area contributed by atoms with E-state index in [-0.39, 0.29) is 23.5 Å². The molecule has 1 aromatic heterocycles. The number of carbonyl (C=O) groups excluding carboxylic acids is 2. The van der Waals surface area contributed by atoms with Crippen LogP contribution in [-0.4, -0.2) is 36.9 Å². The second kappa shape index (κ2) is 8.82. The molecule has 0 aliphatic carbocycles. The van der Waals surface area contributed by atoms with E-state index in [0.717, 1.165) is 5.56 Å². The molecule has 2 aromatic rings. The lowest BCUT2D eigenvalue weighted by molar-refractivity contribution is -0.125. The van der Waals surface area contributed by atoms with Crippen LogP contribution < -0.4 is 15.5 Å². The summed E-state index contributed by atoms with van der Waals surface area (Å²) >= 11 is 0. The number of anilines is 1. The van der Waals surface area contributed by atoms with E-state index in [4.69, 9.17) is 0 Å². The molecule has 1 saturated heterocycles. The Morgan fingerprint density at radius 3 is 2.68 bits per heavy atom. The van der Waals surface area contributed by atoms with Crippen LogP contribution in [0.2, 0.25) is 0 Å². The molecule has 148 valence electrons. The zero-order valence-corrected chi connectivity index (χ0v) is 16.2. The van der Waals surface area contributed by atoms with Crippen LogP contribution >= 0.6 is 0 Å². The van der Waals surface area contributed by atoms with E-state index in [1.54, 1.807) is 38.4 Å². The summed E-state index contributed by atoms with van der Waals surface area (Å²) in [6, 6.07) is 8.48. The van der Waals surface area contributed by atoms with Crippen LogP contribution in [0.3, 0.4) is 0 Å². The van der Waals surface area contributed by atoms with Crippen molar-refractivity contribution in [1.29, 1.82) is 0 Å². The van der Waals surface area contributed by atoms with Crippen LogP contribution in [0.5, 0.6) is 0 Å². The van der Waals surface area contributed by atoms with Crippen molar-refractivity contribution in [2.24, 2.45) is 5.92 Å². The Morgan fingerprint density at radius 1 is 1.25 bits per heavy atom. The lowest BCUT2D eigenvalue weighted by Gasteiger charge is -2.33. The second-order valence-electron chi connectivity index (χ2n) is 7.02. The van der Waals surface area contributed by atoms with Gasteiger partial charge in [-0.3, -0.25) is 9.59 Å². The number of hydrogen-bond acceptors (Lipinski definition) is 4. The molecule has 28 heavy (non-hydrogen) atoms. The number of aromatic nitrogens is 1. The minimum atomic E-state index is -0.262. The molecule has 2 heterocycles. The van der Waals surface area contributed by atoms with Crippen molar-refractivity contribution in [2.75, 3.05) is 25.0 Å². The zero-order chi connectivity index (χ0) is 20.1. The number of piperidine rings is 1. The number of benzene rings is 1. The van der Waals surface area contributed by atoms with E-state index >= 15 is 0 Å². The molecule has 1 aliphatic heterocycles. The van der Waals surface area contributed by atoms with Gasteiger partial charge in [-0.25, -0.2) is 9.37 Å². The Hall–Kier alpha value is -2.96. The Morgan fingerprint density at radius 2 is 2.00 bits per heavy atom. The van der Waals surface area contributed by atoms with Gasteiger partial charge in [-0.1, -0.05) is 12.1 Å². The molecule has 0 radical (unpaired) electrons.